The van der Waals surface area contributed by atoms with Gasteiger partial charge in [0, 0.05) is 18.0 Å². The largest absolute Gasteiger partial charge is 0.493 e. The van der Waals surface area contributed by atoms with Gasteiger partial charge in [-0.3, -0.25) is 0 Å². The van der Waals surface area contributed by atoms with Gasteiger partial charge in [-0.05, 0) is 61.9 Å². The van der Waals surface area contributed by atoms with Crippen LogP contribution in [0.1, 0.15) is 103 Å². The van der Waals surface area contributed by atoms with Gasteiger partial charge in [-0.1, -0.05) is 83.8 Å². The number of benzene rings is 1. The van der Waals surface area contributed by atoms with Gasteiger partial charge < -0.3 is 4.74 Å². The zero-order chi connectivity index (χ0) is 22.7. The average Bonchev–Trinajstić information content (AvgIpc) is 2.83. The first-order valence-corrected chi connectivity index (χ1v) is 13.0. The second-order valence-electron chi connectivity index (χ2n) is 8.77. The zero-order valence-electron chi connectivity index (χ0n) is 20.5. The molecule has 0 amide bonds. The molecule has 3 nitrogen and oxygen atoms in total. The summed E-state index contributed by atoms with van der Waals surface area (Å²) in [7, 11) is 0. The Labute approximate surface area is 196 Å². The third-order valence-electron chi connectivity index (χ3n) is 5.83. The first-order chi connectivity index (χ1) is 15.8. The third-order valence-corrected chi connectivity index (χ3v) is 5.83. The molecule has 1 heterocycles. The topological polar surface area (TPSA) is 35.0 Å². The quantitative estimate of drug-likeness (QED) is 0.173. The van der Waals surface area contributed by atoms with Gasteiger partial charge in [-0.15, -0.1) is 0 Å². The highest BCUT2D eigenvalue weighted by Crippen LogP contribution is 2.20. The molecule has 1 aromatic heterocycles. The molecule has 3 heteroatoms. The number of aryl methyl sites for hydroxylation is 1. The minimum atomic E-state index is 0.717. The molecule has 0 bridgehead atoms. The minimum Gasteiger partial charge on any atom is -0.493 e. The molecule has 2 aromatic rings. The third kappa shape index (κ3) is 11.5. The number of nitrogens with zero attached hydrogens (tertiary/aromatic N) is 2. The minimum absolute atomic E-state index is 0.717. The summed E-state index contributed by atoms with van der Waals surface area (Å²) in [6, 6.07) is 8.12. The highest BCUT2D eigenvalue weighted by atomic mass is 16.5. The second-order valence-corrected chi connectivity index (χ2v) is 8.77. The molecule has 0 atom stereocenters. The molecular formula is C29H44N2O. The maximum absolute atomic E-state index is 5.85. The van der Waals surface area contributed by atoms with Crippen molar-refractivity contribution < 1.29 is 4.74 Å². The van der Waals surface area contributed by atoms with Crippen LogP contribution >= 0.6 is 0 Å². The van der Waals surface area contributed by atoms with Crippen LogP contribution in [0, 0.1) is 0 Å². The molecular weight excluding hydrogens is 392 g/mol. The molecule has 0 unspecified atom stereocenters. The van der Waals surface area contributed by atoms with Crippen LogP contribution in [0.3, 0.4) is 0 Å². The summed E-state index contributed by atoms with van der Waals surface area (Å²) in [5.41, 5.74) is 2.27. The highest BCUT2D eigenvalue weighted by molar-refractivity contribution is 5.55. The lowest BCUT2D eigenvalue weighted by Crippen LogP contribution is -1.96. The normalized spacial score (nSPS) is 11.3. The predicted molar refractivity (Wildman–Crippen MR) is 137 cm³/mol. The van der Waals surface area contributed by atoms with E-state index in [-0.39, 0.29) is 0 Å². The van der Waals surface area contributed by atoms with Gasteiger partial charge in [0.25, 0.3) is 0 Å². The van der Waals surface area contributed by atoms with E-state index in [9.17, 15) is 0 Å². The summed E-state index contributed by atoms with van der Waals surface area (Å²) in [5, 5.41) is 0. The Kier molecular flexibility index (Phi) is 14.2. The summed E-state index contributed by atoms with van der Waals surface area (Å²) in [5.74, 6) is 1.69. The fourth-order valence-corrected chi connectivity index (χ4v) is 3.79. The van der Waals surface area contributed by atoms with E-state index in [4.69, 9.17) is 4.74 Å². The van der Waals surface area contributed by atoms with Crippen LogP contribution in [0.25, 0.3) is 11.4 Å². The molecule has 0 radical (unpaired) electrons. The summed E-state index contributed by atoms with van der Waals surface area (Å²) in [6.07, 6.45) is 26.3. The number of hydrogen-bond donors (Lipinski definition) is 0. The van der Waals surface area contributed by atoms with E-state index in [0.29, 0.717) is 6.61 Å². The number of rotatable bonds is 18. The number of aromatic nitrogens is 2. The van der Waals surface area contributed by atoms with Crippen molar-refractivity contribution in [2.75, 3.05) is 6.61 Å². The van der Waals surface area contributed by atoms with Crippen molar-refractivity contribution in [3.8, 4) is 17.1 Å². The Morgan fingerprint density at radius 1 is 0.688 bits per heavy atom. The SMILES string of the molecule is CCCCCC/C=C\CCOc1ccc(-c2ncc(CCCCCCCCC)cn2)cc1. The Morgan fingerprint density at radius 2 is 1.28 bits per heavy atom. The van der Waals surface area contributed by atoms with Gasteiger partial charge in [0.2, 0.25) is 0 Å². The molecule has 176 valence electrons. The van der Waals surface area contributed by atoms with Crippen LogP contribution in [0.5, 0.6) is 5.75 Å². The molecule has 32 heavy (non-hydrogen) atoms. The van der Waals surface area contributed by atoms with Crippen molar-refractivity contribution in [3.05, 3.63) is 54.4 Å². The summed E-state index contributed by atoms with van der Waals surface area (Å²) in [6.45, 7) is 5.23. The van der Waals surface area contributed by atoms with E-state index in [1.807, 2.05) is 36.7 Å². The van der Waals surface area contributed by atoms with Crippen LogP contribution in [0.2, 0.25) is 0 Å². The molecule has 0 aliphatic rings. The Morgan fingerprint density at radius 3 is 1.97 bits per heavy atom. The van der Waals surface area contributed by atoms with Crippen molar-refractivity contribution in [2.45, 2.75) is 104 Å². The fraction of sp³-hybridized carbons (Fsp3) is 0.586. The first-order valence-electron chi connectivity index (χ1n) is 13.0. The summed E-state index contributed by atoms with van der Waals surface area (Å²) < 4.78 is 5.85. The fourth-order valence-electron chi connectivity index (χ4n) is 3.79. The van der Waals surface area contributed by atoms with Crippen LogP contribution in [0.15, 0.2) is 48.8 Å². The first kappa shape index (κ1) is 26.1. The number of hydrogen-bond acceptors (Lipinski definition) is 3. The smallest absolute Gasteiger partial charge is 0.159 e. The average molecular weight is 437 g/mol. The van der Waals surface area contributed by atoms with Gasteiger partial charge in [-0.2, -0.15) is 0 Å². The van der Waals surface area contributed by atoms with Crippen molar-refractivity contribution >= 4 is 0 Å². The Balaban J connectivity index is 1.64. The zero-order valence-corrected chi connectivity index (χ0v) is 20.5. The number of allylic oxidation sites excluding steroid dienone is 1. The van der Waals surface area contributed by atoms with Crippen LogP contribution in [-0.2, 0) is 6.42 Å². The molecule has 0 fully saturated rings. The van der Waals surface area contributed by atoms with Crippen LogP contribution in [-0.4, -0.2) is 16.6 Å². The van der Waals surface area contributed by atoms with Gasteiger partial charge >= 0.3 is 0 Å². The monoisotopic (exact) mass is 436 g/mol. The van der Waals surface area contributed by atoms with E-state index in [0.717, 1.165) is 30.0 Å². The molecule has 0 saturated heterocycles. The van der Waals surface area contributed by atoms with E-state index < -0.39 is 0 Å². The van der Waals surface area contributed by atoms with Crippen LogP contribution < -0.4 is 4.74 Å². The maximum Gasteiger partial charge on any atom is 0.159 e. The Hall–Kier alpha value is -2.16. The van der Waals surface area contributed by atoms with E-state index in [1.54, 1.807) is 0 Å². The molecule has 0 aliphatic carbocycles. The van der Waals surface area contributed by atoms with E-state index in [2.05, 4.69) is 36.0 Å². The van der Waals surface area contributed by atoms with E-state index >= 15 is 0 Å². The highest BCUT2D eigenvalue weighted by Gasteiger charge is 2.03. The van der Waals surface area contributed by atoms with Gasteiger partial charge in [-0.25, -0.2) is 9.97 Å². The Bertz CT molecular complexity index is 722. The van der Waals surface area contributed by atoms with Crippen molar-refractivity contribution in [1.29, 1.82) is 0 Å². The van der Waals surface area contributed by atoms with Gasteiger partial charge in [0.15, 0.2) is 5.82 Å². The van der Waals surface area contributed by atoms with Gasteiger partial charge in [0.1, 0.15) is 5.75 Å². The van der Waals surface area contributed by atoms with Crippen molar-refractivity contribution in [3.63, 3.8) is 0 Å². The number of ether oxygens (including phenoxy) is 1. The molecule has 2 rings (SSSR count). The standard InChI is InChI=1S/C29H44N2O/c1-3-5-7-9-11-13-15-17-23-32-28-21-19-27(20-22-28)29-30-24-26(25-31-29)18-16-14-12-10-8-6-4-2/h13,15,19-22,24-25H,3-12,14,16-18,23H2,1-2H3/b15-13-. The molecule has 0 N–H and O–H groups in total. The molecule has 0 saturated carbocycles. The van der Waals surface area contributed by atoms with Crippen molar-refractivity contribution in [2.24, 2.45) is 0 Å². The maximum atomic E-state index is 5.85. The molecule has 0 spiro atoms. The predicted octanol–water partition coefficient (Wildman–Crippen LogP) is 8.73. The summed E-state index contributed by atoms with van der Waals surface area (Å²) in [4.78, 5) is 9.16. The second kappa shape index (κ2) is 17.4. The molecule has 0 aliphatic heterocycles. The van der Waals surface area contributed by atoms with Crippen molar-refractivity contribution in [1.82, 2.24) is 9.97 Å². The number of unbranched alkanes of at least 4 members (excludes halogenated alkanes) is 10. The van der Waals surface area contributed by atoms with Crippen LogP contribution in [0.4, 0.5) is 0 Å². The molecule has 1 aromatic carbocycles. The summed E-state index contributed by atoms with van der Waals surface area (Å²) >= 11 is 0. The van der Waals surface area contributed by atoms with E-state index in [1.165, 1.54) is 82.6 Å². The lowest BCUT2D eigenvalue weighted by Gasteiger charge is -2.06. The lowest BCUT2D eigenvalue weighted by molar-refractivity contribution is 0.325. The van der Waals surface area contributed by atoms with Gasteiger partial charge in [0.05, 0.1) is 6.61 Å². The lowest BCUT2D eigenvalue weighted by atomic mass is 10.1.